The number of aromatic nitrogens is 3. The van der Waals surface area contributed by atoms with Gasteiger partial charge in [-0.1, -0.05) is 15.9 Å². The van der Waals surface area contributed by atoms with E-state index in [4.69, 9.17) is 5.73 Å². The van der Waals surface area contributed by atoms with E-state index in [-0.39, 0.29) is 0 Å². The van der Waals surface area contributed by atoms with E-state index in [1.165, 1.54) is 0 Å². The second-order valence-corrected chi connectivity index (χ2v) is 4.30. The van der Waals surface area contributed by atoms with Gasteiger partial charge in [0.05, 0.1) is 5.69 Å². The number of nitrogens with zero attached hydrogens (tertiary/aromatic N) is 3. The minimum Gasteiger partial charge on any atom is -0.368 e. The Labute approximate surface area is 102 Å². The van der Waals surface area contributed by atoms with E-state index in [0.29, 0.717) is 11.9 Å². The standard InChI is InChI=1S/C10H12BrN5/c1-6-5-7(11)3-4-8(6)16-9(12)14-10(13-2)15-16/h3-5H,1-2H3,(H3,12,13,14,15). The molecule has 1 aromatic heterocycles. The Morgan fingerprint density at radius 3 is 2.75 bits per heavy atom. The summed E-state index contributed by atoms with van der Waals surface area (Å²) in [6, 6.07) is 5.90. The molecule has 0 bridgehead atoms. The van der Waals surface area contributed by atoms with E-state index in [1.807, 2.05) is 25.1 Å². The van der Waals surface area contributed by atoms with Crippen molar-refractivity contribution < 1.29 is 0 Å². The van der Waals surface area contributed by atoms with Crippen LogP contribution in [-0.4, -0.2) is 21.8 Å². The summed E-state index contributed by atoms with van der Waals surface area (Å²) >= 11 is 3.42. The first-order valence-corrected chi connectivity index (χ1v) is 5.58. The van der Waals surface area contributed by atoms with Gasteiger partial charge in [-0.05, 0) is 30.7 Å². The predicted molar refractivity (Wildman–Crippen MR) is 67.8 cm³/mol. The maximum atomic E-state index is 5.79. The molecule has 2 aromatic rings. The van der Waals surface area contributed by atoms with Gasteiger partial charge in [-0.15, -0.1) is 5.10 Å². The molecule has 0 saturated carbocycles. The summed E-state index contributed by atoms with van der Waals surface area (Å²) in [5, 5.41) is 7.10. The van der Waals surface area contributed by atoms with Crippen molar-refractivity contribution in [2.75, 3.05) is 18.1 Å². The normalized spacial score (nSPS) is 10.4. The molecule has 2 rings (SSSR count). The molecule has 0 aliphatic heterocycles. The Hall–Kier alpha value is -1.56. The van der Waals surface area contributed by atoms with E-state index in [2.05, 4.69) is 31.3 Å². The van der Waals surface area contributed by atoms with Gasteiger partial charge in [-0.3, -0.25) is 0 Å². The predicted octanol–water partition coefficient (Wildman–Crippen LogP) is 1.96. The highest BCUT2D eigenvalue weighted by atomic mass is 79.9. The van der Waals surface area contributed by atoms with Gasteiger partial charge in [0.25, 0.3) is 0 Å². The van der Waals surface area contributed by atoms with Crippen LogP contribution in [-0.2, 0) is 0 Å². The lowest BCUT2D eigenvalue weighted by atomic mass is 10.2. The number of aryl methyl sites for hydroxylation is 1. The van der Waals surface area contributed by atoms with Crippen LogP contribution in [0.2, 0.25) is 0 Å². The van der Waals surface area contributed by atoms with Gasteiger partial charge in [0.15, 0.2) is 0 Å². The van der Waals surface area contributed by atoms with E-state index < -0.39 is 0 Å². The molecule has 5 nitrogen and oxygen atoms in total. The molecular weight excluding hydrogens is 270 g/mol. The van der Waals surface area contributed by atoms with Gasteiger partial charge in [0.2, 0.25) is 11.9 Å². The van der Waals surface area contributed by atoms with Gasteiger partial charge >= 0.3 is 0 Å². The van der Waals surface area contributed by atoms with Crippen molar-refractivity contribution in [2.24, 2.45) is 0 Å². The van der Waals surface area contributed by atoms with Crippen molar-refractivity contribution in [2.45, 2.75) is 6.92 Å². The highest BCUT2D eigenvalue weighted by molar-refractivity contribution is 9.10. The summed E-state index contributed by atoms with van der Waals surface area (Å²) in [6.07, 6.45) is 0. The molecule has 0 radical (unpaired) electrons. The lowest BCUT2D eigenvalue weighted by molar-refractivity contribution is 0.884. The van der Waals surface area contributed by atoms with Crippen molar-refractivity contribution in [1.82, 2.24) is 14.8 Å². The summed E-state index contributed by atoms with van der Waals surface area (Å²) < 4.78 is 2.65. The average molecular weight is 282 g/mol. The highest BCUT2D eigenvalue weighted by Crippen LogP contribution is 2.21. The van der Waals surface area contributed by atoms with Crippen LogP contribution >= 0.6 is 15.9 Å². The summed E-state index contributed by atoms with van der Waals surface area (Å²) in [6.45, 7) is 2.00. The summed E-state index contributed by atoms with van der Waals surface area (Å²) in [4.78, 5) is 4.08. The number of nitrogen functional groups attached to an aromatic ring is 1. The molecule has 0 spiro atoms. The molecule has 0 unspecified atom stereocenters. The zero-order valence-corrected chi connectivity index (χ0v) is 10.6. The van der Waals surface area contributed by atoms with E-state index in [1.54, 1.807) is 11.7 Å². The van der Waals surface area contributed by atoms with E-state index in [0.717, 1.165) is 15.7 Å². The van der Waals surface area contributed by atoms with Crippen LogP contribution in [0, 0.1) is 6.92 Å². The Kier molecular flexibility index (Phi) is 2.82. The maximum absolute atomic E-state index is 5.79. The minimum absolute atomic E-state index is 0.370. The lowest BCUT2D eigenvalue weighted by Gasteiger charge is -2.06. The van der Waals surface area contributed by atoms with Crippen molar-refractivity contribution in [1.29, 1.82) is 0 Å². The monoisotopic (exact) mass is 281 g/mol. The Morgan fingerprint density at radius 1 is 1.44 bits per heavy atom. The number of halogens is 1. The Balaban J connectivity index is 2.53. The van der Waals surface area contributed by atoms with E-state index >= 15 is 0 Å². The summed E-state index contributed by atoms with van der Waals surface area (Å²) in [5.74, 6) is 0.884. The van der Waals surface area contributed by atoms with Crippen LogP contribution in [0.25, 0.3) is 5.69 Å². The third-order valence-corrected chi connectivity index (χ3v) is 2.74. The van der Waals surface area contributed by atoms with Crippen molar-refractivity contribution in [3.63, 3.8) is 0 Å². The van der Waals surface area contributed by atoms with Crippen LogP contribution < -0.4 is 11.1 Å². The van der Waals surface area contributed by atoms with Gasteiger partial charge in [-0.25, -0.2) is 0 Å². The maximum Gasteiger partial charge on any atom is 0.244 e. The molecule has 0 aliphatic rings. The van der Waals surface area contributed by atoms with Crippen LogP contribution in [0.3, 0.4) is 0 Å². The highest BCUT2D eigenvalue weighted by Gasteiger charge is 2.09. The van der Waals surface area contributed by atoms with E-state index in [9.17, 15) is 0 Å². The number of rotatable bonds is 2. The third-order valence-electron chi connectivity index (χ3n) is 2.24. The second-order valence-electron chi connectivity index (χ2n) is 3.39. The molecule has 0 aliphatic carbocycles. The summed E-state index contributed by atoms with van der Waals surface area (Å²) in [7, 11) is 1.76. The molecule has 6 heteroatoms. The lowest BCUT2D eigenvalue weighted by Crippen LogP contribution is -2.04. The fraction of sp³-hybridized carbons (Fsp3) is 0.200. The number of nitrogens with one attached hydrogen (secondary N) is 1. The van der Waals surface area contributed by atoms with Crippen LogP contribution in [0.15, 0.2) is 22.7 Å². The number of hydrogen-bond donors (Lipinski definition) is 2. The average Bonchev–Trinajstić information content (AvgIpc) is 2.60. The second kappa shape index (κ2) is 4.13. The smallest absolute Gasteiger partial charge is 0.244 e. The van der Waals surface area contributed by atoms with Crippen molar-refractivity contribution in [3.8, 4) is 5.69 Å². The van der Waals surface area contributed by atoms with Crippen molar-refractivity contribution >= 4 is 27.8 Å². The topological polar surface area (TPSA) is 68.8 Å². The van der Waals surface area contributed by atoms with Crippen molar-refractivity contribution in [3.05, 3.63) is 28.2 Å². The molecule has 1 heterocycles. The fourth-order valence-corrected chi connectivity index (χ4v) is 1.94. The molecule has 1 aromatic carbocycles. The zero-order valence-electron chi connectivity index (χ0n) is 9.03. The molecule has 84 valence electrons. The number of hydrogen-bond acceptors (Lipinski definition) is 4. The Morgan fingerprint density at radius 2 is 2.19 bits per heavy atom. The molecule has 16 heavy (non-hydrogen) atoms. The van der Waals surface area contributed by atoms with Gasteiger partial charge in [-0.2, -0.15) is 9.67 Å². The molecule has 3 N–H and O–H groups in total. The summed E-state index contributed by atoms with van der Waals surface area (Å²) in [5.41, 5.74) is 7.80. The number of benzene rings is 1. The first-order chi connectivity index (χ1) is 7.61. The molecule has 0 saturated heterocycles. The number of nitrogens with two attached hydrogens (primary N) is 1. The number of anilines is 2. The molecule has 0 amide bonds. The van der Waals surface area contributed by atoms with Crippen LogP contribution in [0.5, 0.6) is 0 Å². The van der Waals surface area contributed by atoms with Gasteiger partial charge < -0.3 is 11.1 Å². The first kappa shape index (κ1) is 10.9. The fourth-order valence-electron chi connectivity index (χ4n) is 1.46. The molecule has 0 fully saturated rings. The largest absolute Gasteiger partial charge is 0.368 e. The van der Waals surface area contributed by atoms with Crippen LogP contribution in [0.1, 0.15) is 5.56 Å². The van der Waals surface area contributed by atoms with Gasteiger partial charge in [0, 0.05) is 11.5 Å². The molecule has 0 atom stereocenters. The quantitative estimate of drug-likeness (QED) is 0.883. The SMILES string of the molecule is CNc1nc(N)n(-c2ccc(Br)cc2C)n1. The third kappa shape index (κ3) is 1.88. The Bertz CT molecular complexity index is 520. The first-order valence-electron chi connectivity index (χ1n) is 4.78. The minimum atomic E-state index is 0.370. The molecular formula is C10H12BrN5. The van der Waals surface area contributed by atoms with Crippen LogP contribution in [0.4, 0.5) is 11.9 Å². The zero-order chi connectivity index (χ0) is 11.7. The van der Waals surface area contributed by atoms with Gasteiger partial charge in [0.1, 0.15) is 0 Å².